The second-order valence-corrected chi connectivity index (χ2v) is 2.10. The van der Waals surface area contributed by atoms with E-state index in [0.717, 1.165) is 5.56 Å². The van der Waals surface area contributed by atoms with E-state index in [0.29, 0.717) is 6.42 Å². The molecular formula is C9H9O-. The monoisotopic (exact) mass is 133 g/mol. The van der Waals surface area contributed by atoms with Crippen molar-refractivity contribution in [2.75, 3.05) is 0 Å². The van der Waals surface area contributed by atoms with Gasteiger partial charge < -0.3 is 5.11 Å². The van der Waals surface area contributed by atoms with Crippen LogP contribution in [0.2, 0.25) is 0 Å². The second kappa shape index (κ2) is 3.06. The van der Waals surface area contributed by atoms with Crippen LogP contribution in [0.4, 0.5) is 0 Å². The molecule has 52 valence electrons. The van der Waals surface area contributed by atoms with Crippen molar-refractivity contribution in [3.05, 3.63) is 42.5 Å². The van der Waals surface area contributed by atoms with Crippen LogP contribution in [-0.2, 0) is 6.42 Å². The molecular weight excluding hydrogens is 124 g/mol. The second-order valence-electron chi connectivity index (χ2n) is 2.10. The minimum Gasteiger partial charge on any atom is -0.872 e. The van der Waals surface area contributed by atoms with Crippen LogP contribution in [0.3, 0.4) is 0 Å². The van der Waals surface area contributed by atoms with Crippen LogP contribution >= 0.6 is 0 Å². The lowest BCUT2D eigenvalue weighted by atomic mass is 10.1. The number of hydrogen-bond acceptors (Lipinski definition) is 1. The van der Waals surface area contributed by atoms with Gasteiger partial charge in [0.25, 0.3) is 0 Å². The minimum atomic E-state index is 0.0994. The summed E-state index contributed by atoms with van der Waals surface area (Å²) >= 11 is 0. The molecule has 1 nitrogen and oxygen atoms in total. The first-order valence-corrected chi connectivity index (χ1v) is 3.20. The average molecular weight is 133 g/mol. The zero-order valence-corrected chi connectivity index (χ0v) is 5.71. The summed E-state index contributed by atoms with van der Waals surface area (Å²) in [6.07, 6.45) is 2.40. The van der Waals surface area contributed by atoms with Crippen molar-refractivity contribution in [1.29, 1.82) is 0 Å². The molecule has 0 heterocycles. The fourth-order valence-electron chi connectivity index (χ4n) is 0.828. The topological polar surface area (TPSA) is 23.1 Å². The Morgan fingerprint density at radius 1 is 1.40 bits per heavy atom. The van der Waals surface area contributed by atoms with E-state index < -0.39 is 0 Å². The molecule has 0 spiro atoms. The quantitative estimate of drug-likeness (QED) is 0.560. The van der Waals surface area contributed by atoms with Gasteiger partial charge in [0.2, 0.25) is 0 Å². The van der Waals surface area contributed by atoms with Crippen LogP contribution in [0.1, 0.15) is 5.56 Å². The smallest absolute Gasteiger partial charge is 0.0106 e. The number of benzene rings is 1. The lowest BCUT2D eigenvalue weighted by molar-refractivity contribution is -0.269. The van der Waals surface area contributed by atoms with Crippen LogP contribution in [0, 0.1) is 0 Å². The third-order valence-electron chi connectivity index (χ3n) is 1.34. The summed E-state index contributed by atoms with van der Waals surface area (Å²) in [5, 5.41) is 11.0. The Bertz CT molecular complexity index is 228. The zero-order chi connectivity index (χ0) is 7.40. The van der Waals surface area contributed by atoms with E-state index in [1.165, 1.54) is 0 Å². The molecule has 0 atom stereocenters. The largest absolute Gasteiger partial charge is 0.872 e. The maximum absolute atomic E-state index is 11.0. The summed E-state index contributed by atoms with van der Waals surface area (Å²) in [4.78, 5) is 0. The van der Waals surface area contributed by atoms with Gasteiger partial charge in [0.1, 0.15) is 0 Å². The normalized spacial score (nSPS) is 9.20. The molecule has 0 aliphatic heterocycles. The number of allylic oxidation sites excluding steroid dienone is 1. The van der Waals surface area contributed by atoms with Gasteiger partial charge in [0, 0.05) is 0 Å². The predicted molar refractivity (Wildman–Crippen MR) is 39.8 cm³/mol. The van der Waals surface area contributed by atoms with Crippen molar-refractivity contribution in [3.63, 3.8) is 0 Å². The van der Waals surface area contributed by atoms with Crippen molar-refractivity contribution < 1.29 is 5.11 Å². The Morgan fingerprint density at radius 2 is 2.10 bits per heavy atom. The summed E-state index contributed by atoms with van der Waals surface area (Å²) in [6.45, 7) is 3.56. The molecule has 1 rings (SSSR count). The highest BCUT2D eigenvalue weighted by atomic mass is 16.3. The molecule has 10 heavy (non-hydrogen) atoms. The summed E-state index contributed by atoms with van der Waals surface area (Å²) in [6, 6.07) is 7.00. The molecule has 0 fully saturated rings. The third-order valence-corrected chi connectivity index (χ3v) is 1.34. The highest BCUT2D eigenvalue weighted by Crippen LogP contribution is 2.12. The number of para-hydroxylation sites is 1. The van der Waals surface area contributed by atoms with Crippen molar-refractivity contribution in [3.8, 4) is 5.75 Å². The molecule has 0 aromatic heterocycles. The van der Waals surface area contributed by atoms with Gasteiger partial charge in [-0.3, -0.25) is 0 Å². The van der Waals surface area contributed by atoms with E-state index in [4.69, 9.17) is 0 Å². The average Bonchev–Trinajstić information content (AvgIpc) is 1.94. The Balaban J connectivity index is 2.91. The fourth-order valence-corrected chi connectivity index (χ4v) is 0.828. The van der Waals surface area contributed by atoms with Gasteiger partial charge in [-0.05, 0) is 6.42 Å². The maximum Gasteiger partial charge on any atom is -0.0106 e. The van der Waals surface area contributed by atoms with E-state index >= 15 is 0 Å². The molecule has 0 saturated carbocycles. The van der Waals surface area contributed by atoms with Crippen molar-refractivity contribution in [2.45, 2.75) is 6.42 Å². The van der Waals surface area contributed by atoms with Crippen molar-refractivity contribution in [2.24, 2.45) is 0 Å². The minimum absolute atomic E-state index is 0.0994. The van der Waals surface area contributed by atoms with Crippen LogP contribution in [-0.4, -0.2) is 0 Å². The Kier molecular flexibility index (Phi) is 2.11. The van der Waals surface area contributed by atoms with Gasteiger partial charge in [-0.15, -0.1) is 12.3 Å². The van der Waals surface area contributed by atoms with Gasteiger partial charge in [0.05, 0.1) is 0 Å². The van der Waals surface area contributed by atoms with E-state index in [9.17, 15) is 5.11 Å². The lowest BCUT2D eigenvalue weighted by Crippen LogP contribution is -1.94. The molecule has 0 radical (unpaired) electrons. The Morgan fingerprint density at radius 3 is 2.70 bits per heavy atom. The summed E-state index contributed by atoms with van der Waals surface area (Å²) in [5.74, 6) is 0.0994. The highest BCUT2D eigenvalue weighted by molar-refractivity contribution is 5.31. The van der Waals surface area contributed by atoms with Gasteiger partial charge >= 0.3 is 0 Å². The molecule has 0 aliphatic carbocycles. The predicted octanol–water partition coefficient (Wildman–Crippen LogP) is 1.49. The highest BCUT2D eigenvalue weighted by Gasteiger charge is 1.86. The Hall–Kier alpha value is -1.24. The molecule has 0 N–H and O–H groups in total. The third kappa shape index (κ3) is 1.38. The van der Waals surface area contributed by atoms with Gasteiger partial charge in [-0.25, -0.2) is 0 Å². The van der Waals surface area contributed by atoms with Crippen molar-refractivity contribution in [1.82, 2.24) is 0 Å². The molecule has 1 aromatic carbocycles. The molecule has 0 aliphatic rings. The van der Waals surface area contributed by atoms with E-state index in [2.05, 4.69) is 6.58 Å². The molecule has 1 aromatic rings. The van der Waals surface area contributed by atoms with Gasteiger partial charge in [0.15, 0.2) is 0 Å². The fraction of sp³-hybridized carbons (Fsp3) is 0.111. The molecule has 0 saturated heterocycles. The first-order valence-electron chi connectivity index (χ1n) is 3.20. The Labute approximate surface area is 60.6 Å². The SMILES string of the molecule is C=CCc1ccccc1[O-]. The van der Waals surface area contributed by atoms with E-state index in [1.807, 2.05) is 12.1 Å². The van der Waals surface area contributed by atoms with Crippen LogP contribution in [0.15, 0.2) is 36.9 Å². The van der Waals surface area contributed by atoms with Crippen LogP contribution < -0.4 is 5.11 Å². The number of hydrogen-bond donors (Lipinski definition) is 0. The molecule has 0 unspecified atom stereocenters. The molecule has 0 amide bonds. The van der Waals surface area contributed by atoms with Crippen molar-refractivity contribution >= 4 is 0 Å². The van der Waals surface area contributed by atoms with Crippen LogP contribution in [0.5, 0.6) is 5.75 Å². The first-order chi connectivity index (χ1) is 4.84. The zero-order valence-electron chi connectivity index (χ0n) is 5.71. The van der Waals surface area contributed by atoms with Gasteiger partial charge in [-0.2, -0.15) is 0 Å². The standard InChI is InChI=1S/C9H10O/c1-2-5-8-6-3-4-7-9(8)10/h2-4,6-7,10H,1,5H2/p-1. The van der Waals surface area contributed by atoms with E-state index in [-0.39, 0.29) is 5.75 Å². The first kappa shape index (κ1) is 6.87. The van der Waals surface area contributed by atoms with E-state index in [1.54, 1.807) is 18.2 Å². The summed E-state index contributed by atoms with van der Waals surface area (Å²) in [5.41, 5.74) is 0.817. The summed E-state index contributed by atoms with van der Waals surface area (Å²) in [7, 11) is 0. The maximum atomic E-state index is 11.0. The number of rotatable bonds is 2. The molecule has 1 heteroatoms. The van der Waals surface area contributed by atoms with Gasteiger partial charge in [-0.1, -0.05) is 35.9 Å². The summed E-state index contributed by atoms with van der Waals surface area (Å²) < 4.78 is 0. The lowest BCUT2D eigenvalue weighted by Gasteiger charge is -2.09. The molecule has 0 bridgehead atoms. The van der Waals surface area contributed by atoms with Crippen LogP contribution in [0.25, 0.3) is 0 Å².